The van der Waals surface area contributed by atoms with E-state index in [4.69, 9.17) is 4.74 Å². The minimum absolute atomic E-state index is 0.426. The summed E-state index contributed by atoms with van der Waals surface area (Å²) in [6.45, 7) is 6.62. The molecule has 24 heavy (non-hydrogen) atoms. The number of anilines is 1. The highest BCUT2D eigenvalue weighted by Crippen LogP contribution is 2.29. The fourth-order valence-corrected chi connectivity index (χ4v) is 1.94. The van der Waals surface area contributed by atoms with Crippen LogP contribution in [0.15, 0.2) is 24.3 Å². The minimum Gasteiger partial charge on any atom is -0.444 e. The van der Waals surface area contributed by atoms with E-state index in [0.29, 0.717) is 18.8 Å². The zero-order chi connectivity index (χ0) is 18.2. The number of halogens is 3. The van der Waals surface area contributed by atoms with E-state index in [9.17, 15) is 18.0 Å². The first kappa shape index (κ1) is 20.1. The highest BCUT2D eigenvalue weighted by Gasteiger charge is 2.29. The molecule has 1 aromatic carbocycles. The van der Waals surface area contributed by atoms with E-state index < -0.39 is 23.4 Å². The van der Waals surface area contributed by atoms with Crippen LogP contribution >= 0.6 is 0 Å². The van der Waals surface area contributed by atoms with E-state index >= 15 is 0 Å². The first-order valence-corrected chi connectivity index (χ1v) is 7.96. The molecule has 0 aliphatic heterocycles. The molecule has 4 nitrogen and oxygen atoms in total. The molecule has 1 aromatic rings. The smallest absolute Gasteiger partial charge is 0.416 e. The van der Waals surface area contributed by atoms with Gasteiger partial charge in [0.1, 0.15) is 5.60 Å². The van der Waals surface area contributed by atoms with Gasteiger partial charge in [0.2, 0.25) is 0 Å². The highest BCUT2D eigenvalue weighted by atomic mass is 19.4. The van der Waals surface area contributed by atoms with Crippen molar-refractivity contribution in [3.05, 3.63) is 29.8 Å². The number of ether oxygens (including phenoxy) is 1. The van der Waals surface area contributed by atoms with Gasteiger partial charge in [0.15, 0.2) is 0 Å². The molecular formula is C17H25F3N2O2. The van der Waals surface area contributed by atoms with E-state index in [1.165, 1.54) is 12.1 Å². The second-order valence-electron chi connectivity index (χ2n) is 6.49. The molecule has 7 heteroatoms. The predicted molar refractivity (Wildman–Crippen MR) is 88.0 cm³/mol. The molecule has 0 spiro atoms. The fourth-order valence-electron chi connectivity index (χ4n) is 1.94. The van der Waals surface area contributed by atoms with Crippen LogP contribution < -0.4 is 10.6 Å². The van der Waals surface area contributed by atoms with Crippen molar-refractivity contribution in [3.63, 3.8) is 0 Å². The van der Waals surface area contributed by atoms with Crippen molar-refractivity contribution in [2.45, 2.75) is 51.8 Å². The molecule has 0 unspecified atom stereocenters. The molecule has 1 rings (SSSR count). The van der Waals surface area contributed by atoms with Crippen LogP contribution in [0.25, 0.3) is 0 Å². The summed E-state index contributed by atoms with van der Waals surface area (Å²) < 4.78 is 42.4. The van der Waals surface area contributed by atoms with Crippen LogP contribution in [0.3, 0.4) is 0 Å². The molecule has 0 bridgehead atoms. The summed E-state index contributed by atoms with van der Waals surface area (Å²) in [4.78, 5) is 11.4. The Morgan fingerprint density at radius 1 is 1.00 bits per heavy atom. The maximum absolute atomic E-state index is 12.4. The third kappa shape index (κ3) is 8.64. The molecule has 0 radical (unpaired) electrons. The number of hydrogen-bond acceptors (Lipinski definition) is 3. The van der Waals surface area contributed by atoms with Crippen LogP contribution in [0.5, 0.6) is 0 Å². The summed E-state index contributed by atoms with van der Waals surface area (Å²) in [6, 6.07) is 4.97. The van der Waals surface area contributed by atoms with Crippen LogP contribution in [0.4, 0.5) is 23.7 Å². The van der Waals surface area contributed by atoms with Crippen LogP contribution in [0, 0.1) is 0 Å². The molecule has 2 N–H and O–H groups in total. The molecule has 0 aliphatic carbocycles. The van der Waals surface area contributed by atoms with Crippen molar-refractivity contribution >= 4 is 11.8 Å². The number of alkyl carbamates (subject to hydrolysis) is 1. The van der Waals surface area contributed by atoms with E-state index in [0.717, 1.165) is 31.4 Å². The normalized spacial score (nSPS) is 11.9. The molecular weight excluding hydrogens is 321 g/mol. The van der Waals surface area contributed by atoms with E-state index in [-0.39, 0.29) is 0 Å². The predicted octanol–water partition coefficient (Wildman–Crippen LogP) is 4.81. The van der Waals surface area contributed by atoms with Crippen molar-refractivity contribution in [2.24, 2.45) is 0 Å². The molecule has 0 heterocycles. The number of unbranched alkanes of at least 4 members (excludes halogenated alkanes) is 2. The lowest BCUT2D eigenvalue weighted by atomic mass is 10.2. The van der Waals surface area contributed by atoms with Crippen LogP contribution in [0.1, 0.15) is 45.6 Å². The van der Waals surface area contributed by atoms with Crippen LogP contribution in [0.2, 0.25) is 0 Å². The van der Waals surface area contributed by atoms with Gasteiger partial charge in [0.25, 0.3) is 0 Å². The zero-order valence-corrected chi connectivity index (χ0v) is 14.3. The third-order valence-electron chi connectivity index (χ3n) is 3.06. The monoisotopic (exact) mass is 346 g/mol. The third-order valence-corrected chi connectivity index (χ3v) is 3.06. The van der Waals surface area contributed by atoms with Crippen molar-refractivity contribution in [1.82, 2.24) is 5.32 Å². The van der Waals surface area contributed by atoms with Gasteiger partial charge in [-0.05, 0) is 64.3 Å². The van der Waals surface area contributed by atoms with E-state index in [1.54, 1.807) is 20.8 Å². The van der Waals surface area contributed by atoms with Gasteiger partial charge in [0.05, 0.1) is 5.56 Å². The van der Waals surface area contributed by atoms with Gasteiger partial charge in [-0.25, -0.2) is 4.79 Å². The number of amides is 1. The fraction of sp³-hybridized carbons (Fsp3) is 0.588. The molecule has 0 saturated carbocycles. The number of carbonyl (C=O) groups is 1. The average molecular weight is 346 g/mol. The summed E-state index contributed by atoms with van der Waals surface area (Å²) in [6.07, 6.45) is -2.17. The number of hydrogen-bond donors (Lipinski definition) is 2. The first-order chi connectivity index (χ1) is 11.1. The topological polar surface area (TPSA) is 50.4 Å². The Morgan fingerprint density at radius 3 is 2.12 bits per heavy atom. The van der Waals surface area contributed by atoms with Crippen LogP contribution in [-0.4, -0.2) is 24.8 Å². The molecule has 1 amide bonds. The zero-order valence-electron chi connectivity index (χ0n) is 14.3. The Hall–Kier alpha value is -1.92. The Bertz CT molecular complexity index is 508. The standard InChI is InChI=1S/C17H25F3N2O2/c1-16(2,3)24-15(23)22-12-6-4-5-11-21-14-9-7-13(8-10-14)17(18,19)20/h7-10,21H,4-6,11-12H2,1-3H3,(H,22,23). The minimum atomic E-state index is -4.31. The Labute approximate surface area is 140 Å². The maximum Gasteiger partial charge on any atom is 0.416 e. The lowest BCUT2D eigenvalue weighted by Gasteiger charge is -2.19. The highest BCUT2D eigenvalue weighted by molar-refractivity contribution is 5.67. The average Bonchev–Trinajstić information content (AvgIpc) is 2.44. The van der Waals surface area contributed by atoms with Crippen LogP contribution in [-0.2, 0) is 10.9 Å². The van der Waals surface area contributed by atoms with Gasteiger partial charge < -0.3 is 15.4 Å². The van der Waals surface area contributed by atoms with Crippen molar-refractivity contribution in [1.29, 1.82) is 0 Å². The SMILES string of the molecule is CC(C)(C)OC(=O)NCCCCCNc1ccc(C(F)(F)F)cc1. The number of rotatable bonds is 7. The van der Waals surface area contributed by atoms with Gasteiger partial charge in [-0.3, -0.25) is 0 Å². The number of alkyl halides is 3. The summed E-state index contributed by atoms with van der Waals surface area (Å²) in [5.74, 6) is 0. The van der Waals surface area contributed by atoms with Crippen molar-refractivity contribution < 1.29 is 22.7 Å². The molecule has 0 aromatic heterocycles. The summed E-state index contributed by atoms with van der Waals surface area (Å²) in [5.41, 5.74) is -0.494. The van der Waals surface area contributed by atoms with Gasteiger partial charge in [-0.1, -0.05) is 0 Å². The summed E-state index contributed by atoms with van der Waals surface area (Å²) >= 11 is 0. The second kappa shape index (κ2) is 8.80. The number of carbonyl (C=O) groups excluding carboxylic acids is 1. The molecule has 0 saturated heterocycles. The summed E-state index contributed by atoms with van der Waals surface area (Å²) in [5, 5.41) is 5.75. The molecule has 0 atom stereocenters. The van der Waals surface area contributed by atoms with E-state index in [1.807, 2.05) is 0 Å². The largest absolute Gasteiger partial charge is 0.444 e. The Kier molecular flexibility index (Phi) is 7.38. The number of benzene rings is 1. The molecule has 0 aliphatic rings. The first-order valence-electron chi connectivity index (χ1n) is 7.96. The molecule has 0 fully saturated rings. The second-order valence-corrected chi connectivity index (χ2v) is 6.49. The lowest BCUT2D eigenvalue weighted by molar-refractivity contribution is -0.137. The van der Waals surface area contributed by atoms with Gasteiger partial charge >= 0.3 is 12.3 Å². The van der Waals surface area contributed by atoms with Gasteiger partial charge in [0, 0.05) is 18.8 Å². The van der Waals surface area contributed by atoms with Gasteiger partial charge in [-0.15, -0.1) is 0 Å². The van der Waals surface area contributed by atoms with Crippen molar-refractivity contribution in [3.8, 4) is 0 Å². The maximum atomic E-state index is 12.4. The number of nitrogens with one attached hydrogen (secondary N) is 2. The Morgan fingerprint density at radius 2 is 1.58 bits per heavy atom. The van der Waals surface area contributed by atoms with E-state index in [2.05, 4.69) is 10.6 Å². The molecule has 136 valence electrons. The Balaban J connectivity index is 2.11. The van der Waals surface area contributed by atoms with Crippen molar-refractivity contribution in [2.75, 3.05) is 18.4 Å². The van der Waals surface area contributed by atoms with Gasteiger partial charge in [-0.2, -0.15) is 13.2 Å². The summed E-state index contributed by atoms with van der Waals surface area (Å²) in [7, 11) is 0. The quantitative estimate of drug-likeness (QED) is 0.697. The lowest BCUT2D eigenvalue weighted by Crippen LogP contribution is -2.33.